The van der Waals surface area contributed by atoms with Gasteiger partial charge in [0.1, 0.15) is 6.04 Å². The number of likely N-dealkylation sites (tertiary alicyclic amines) is 1. The topological polar surface area (TPSA) is 144 Å². The Kier molecular flexibility index (Phi) is 5.51. The zero-order valence-corrected chi connectivity index (χ0v) is 18.1. The highest BCUT2D eigenvalue weighted by molar-refractivity contribution is 6.23. The fourth-order valence-corrected chi connectivity index (χ4v) is 4.80. The average Bonchev–Trinajstić information content (AvgIpc) is 3.38. The van der Waals surface area contributed by atoms with Crippen molar-refractivity contribution in [3.05, 3.63) is 46.8 Å². The van der Waals surface area contributed by atoms with E-state index in [0.29, 0.717) is 24.2 Å². The Morgan fingerprint density at radius 1 is 1.03 bits per heavy atom. The molecule has 2 saturated heterocycles. The molecule has 0 radical (unpaired) electrons. The summed E-state index contributed by atoms with van der Waals surface area (Å²) >= 11 is 0. The van der Waals surface area contributed by atoms with Crippen molar-refractivity contribution in [1.82, 2.24) is 30.1 Å². The van der Waals surface area contributed by atoms with Crippen LogP contribution in [0, 0.1) is 0 Å². The van der Waals surface area contributed by atoms with E-state index in [2.05, 4.69) is 20.5 Å². The zero-order valence-electron chi connectivity index (χ0n) is 18.1. The number of rotatable bonds is 5. The third kappa shape index (κ3) is 3.93. The van der Waals surface area contributed by atoms with E-state index in [1.165, 1.54) is 0 Å². The smallest absolute Gasteiger partial charge is 0.262 e. The van der Waals surface area contributed by atoms with Crippen LogP contribution in [0.15, 0.2) is 24.4 Å². The quantitative estimate of drug-likeness (QED) is 0.604. The van der Waals surface area contributed by atoms with Gasteiger partial charge in [-0.25, -0.2) is 4.68 Å². The minimum absolute atomic E-state index is 0.104. The van der Waals surface area contributed by atoms with E-state index < -0.39 is 23.8 Å². The maximum Gasteiger partial charge on any atom is 0.262 e. The number of nitrogens with two attached hydrogens (primary N) is 1. The van der Waals surface area contributed by atoms with Crippen molar-refractivity contribution in [2.75, 3.05) is 13.1 Å². The number of piperidine rings is 2. The first-order valence-electron chi connectivity index (χ1n) is 11.1. The summed E-state index contributed by atoms with van der Waals surface area (Å²) in [6.45, 7) is 2.77. The minimum atomic E-state index is -0.950. The number of carbonyl (C=O) groups excluding carboxylic acids is 4. The molecule has 172 valence electrons. The van der Waals surface area contributed by atoms with Crippen LogP contribution in [0.2, 0.25) is 0 Å². The molecule has 33 heavy (non-hydrogen) atoms. The summed E-state index contributed by atoms with van der Waals surface area (Å²) in [4.78, 5) is 52.8. The predicted molar refractivity (Wildman–Crippen MR) is 115 cm³/mol. The molecule has 3 aliphatic rings. The van der Waals surface area contributed by atoms with Gasteiger partial charge in [-0.1, -0.05) is 11.3 Å². The lowest BCUT2D eigenvalue weighted by Crippen LogP contribution is -2.54. The van der Waals surface area contributed by atoms with Gasteiger partial charge in [0.2, 0.25) is 11.8 Å². The molecule has 0 bridgehead atoms. The Balaban J connectivity index is 1.24. The molecule has 11 nitrogen and oxygen atoms in total. The molecule has 5 rings (SSSR count). The number of nitrogens with one attached hydrogen (secondary N) is 1. The molecule has 0 saturated carbocycles. The monoisotopic (exact) mass is 451 g/mol. The number of benzene rings is 1. The average molecular weight is 451 g/mol. The number of carbonyl (C=O) groups is 4. The van der Waals surface area contributed by atoms with Crippen LogP contribution in [0.25, 0.3) is 0 Å². The van der Waals surface area contributed by atoms with Crippen molar-refractivity contribution in [3.63, 3.8) is 0 Å². The maximum atomic E-state index is 13.0. The molecule has 1 atom stereocenters. The van der Waals surface area contributed by atoms with Crippen molar-refractivity contribution < 1.29 is 19.2 Å². The van der Waals surface area contributed by atoms with Gasteiger partial charge in [-0.05, 0) is 37.0 Å². The fraction of sp³-hybridized carbons (Fsp3) is 0.455. The van der Waals surface area contributed by atoms with Gasteiger partial charge in [-0.2, -0.15) is 0 Å². The largest absolute Gasteiger partial charge is 0.325 e. The van der Waals surface area contributed by atoms with Crippen LogP contribution in [0.1, 0.15) is 63.7 Å². The summed E-state index contributed by atoms with van der Waals surface area (Å²) in [5.74, 6) is -1.95. The molecule has 0 spiro atoms. The van der Waals surface area contributed by atoms with Gasteiger partial charge in [0.25, 0.3) is 11.8 Å². The Bertz CT molecular complexity index is 1140. The zero-order chi connectivity index (χ0) is 23.1. The third-order valence-electron chi connectivity index (χ3n) is 6.61. The molecule has 4 heterocycles. The summed E-state index contributed by atoms with van der Waals surface area (Å²) in [7, 11) is 0. The summed E-state index contributed by atoms with van der Waals surface area (Å²) < 4.78 is 1.89. The van der Waals surface area contributed by atoms with E-state index in [0.717, 1.165) is 42.1 Å². The van der Waals surface area contributed by atoms with Gasteiger partial charge in [-0.15, -0.1) is 5.10 Å². The molecule has 3 aliphatic heterocycles. The van der Waals surface area contributed by atoms with E-state index in [-0.39, 0.29) is 24.8 Å². The van der Waals surface area contributed by atoms with Crippen molar-refractivity contribution in [1.29, 1.82) is 0 Å². The molecule has 1 unspecified atom stereocenters. The second-order valence-electron chi connectivity index (χ2n) is 8.73. The highest BCUT2D eigenvalue weighted by Gasteiger charge is 2.44. The van der Waals surface area contributed by atoms with Crippen LogP contribution >= 0.6 is 0 Å². The minimum Gasteiger partial charge on any atom is -0.325 e. The number of nitrogens with zero attached hydrogens (tertiary/aromatic N) is 5. The van der Waals surface area contributed by atoms with E-state index in [9.17, 15) is 19.2 Å². The van der Waals surface area contributed by atoms with Gasteiger partial charge in [0.05, 0.1) is 29.1 Å². The Hall–Kier alpha value is -3.44. The number of amides is 4. The van der Waals surface area contributed by atoms with Crippen LogP contribution < -0.4 is 11.1 Å². The highest BCUT2D eigenvalue weighted by atomic mass is 16.2. The van der Waals surface area contributed by atoms with Crippen LogP contribution in [-0.4, -0.2) is 67.6 Å². The number of aromatic nitrogens is 3. The first-order chi connectivity index (χ1) is 15.9. The lowest BCUT2D eigenvalue weighted by Gasteiger charge is -2.31. The predicted octanol–water partition coefficient (Wildman–Crippen LogP) is -0.0249. The molecule has 11 heteroatoms. The van der Waals surface area contributed by atoms with Gasteiger partial charge in [-0.3, -0.25) is 34.3 Å². The molecular weight excluding hydrogens is 426 g/mol. The number of hydrogen-bond donors (Lipinski definition) is 2. The highest BCUT2D eigenvalue weighted by Crippen LogP contribution is 2.29. The van der Waals surface area contributed by atoms with Crippen molar-refractivity contribution >= 4 is 23.6 Å². The van der Waals surface area contributed by atoms with Crippen molar-refractivity contribution in [2.24, 2.45) is 5.73 Å². The Morgan fingerprint density at radius 2 is 1.79 bits per heavy atom. The van der Waals surface area contributed by atoms with Crippen LogP contribution in [0.4, 0.5) is 0 Å². The number of hydrogen-bond acceptors (Lipinski definition) is 8. The van der Waals surface area contributed by atoms with Crippen LogP contribution in [0.5, 0.6) is 0 Å². The lowest BCUT2D eigenvalue weighted by atomic mass is 10.0. The molecule has 4 amide bonds. The first-order valence-corrected chi connectivity index (χ1v) is 11.1. The van der Waals surface area contributed by atoms with E-state index in [1.807, 2.05) is 16.9 Å². The molecular formula is C22H25N7O4. The number of fused-ring (bicyclic) bond motifs is 1. The van der Waals surface area contributed by atoms with Gasteiger partial charge >= 0.3 is 0 Å². The SMILES string of the molecule is NCc1cn(C2CCN(Cc3ccc4c(c3)C(=O)N(C3CCC(=O)NC3=O)C4=O)CC2)nn1. The summed E-state index contributed by atoms with van der Waals surface area (Å²) in [6, 6.07) is 4.60. The molecule has 0 aliphatic carbocycles. The summed E-state index contributed by atoms with van der Waals surface area (Å²) in [5.41, 5.74) is 7.94. The van der Waals surface area contributed by atoms with E-state index in [4.69, 9.17) is 5.73 Å². The number of imide groups is 2. The van der Waals surface area contributed by atoms with Gasteiger partial charge < -0.3 is 5.73 Å². The third-order valence-corrected chi connectivity index (χ3v) is 6.61. The summed E-state index contributed by atoms with van der Waals surface area (Å²) in [5, 5.41) is 10.4. The molecule has 1 aromatic carbocycles. The standard InChI is InChI=1S/C22H25N7O4/c23-10-14-12-28(26-25-14)15-5-7-27(8-6-15)11-13-1-2-16-17(9-13)22(33)29(21(16)32)18-3-4-19(30)24-20(18)31/h1-2,9,12,15,18H,3-8,10-11,23H2,(H,24,30,31). The first kappa shape index (κ1) is 21.4. The Morgan fingerprint density at radius 3 is 2.48 bits per heavy atom. The lowest BCUT2D eigenvalue weighted by molar-refractivity contribution is -0.136. The van der Waals surface area contributed by atoms with Gasteiger partial charge in [0, 0.05) is 32.6 Å². The normalized spacial score (nSPS) is 22.1. The second-order valence-corrected chi connectivity index (χ2v) is 8.73. The maximum absolute atomic E-state index is 13.0. The Labute approximate surface area is 189 Å². The van der Waals surface area contributed by atoms with Crippen LogP contribution in [0.3, 0.4) is 0 Å². The van der Waals surface area contributed by atoms with Crippen molar-refractivity contribution in [2.45, 2.75) is 50.9 Å². The van der Waals surface area contributed by atoms with E-state index >= 15 is 0 Å². The molecule has 1 aromatic heterocycles. The van der Waals surface area contributed by atoms with Gasteiger partial charge in [0.15, 0.2) is 0 Å². The molecule has 2 aromatic rings. The fourth-order valence-electron chi connectivity index (χ4n) is 4.80. The van der Waals surface area contributed by atoms with Crippen LogP contribution in [-0.2, 0) is 22.7 Å². The molecule has 2 fully saturated rings. The summed E-state index contributed by atoms with van der Waals surface area (Å²) in [6.07, 6.45) is 4.01. The molecule has 3 N–H and O–H groups in total. The van der Waals surface area contributed by atoms with Crippen molar-refractivity contribution in [3.8, 4) is 0 Å². The van der Waals surface area contributed by atoms with E-state index in [1.54, 1.807) is 12.1 Å². The second kappa shape index (κ2) is 8.49.